The molecule has 0 saturated carbocycles. The fraction of sp³-hybridized carbons (Fsp3) is 0.235. The van der Waals surface area contributed by atoms with Gasteiger partial charge in [0.25, 0.3) is 5.91 Å². The molecule has 0 aromatic heterocycles. The van der Waals surface area contributed by atoms with Crippen LogP contribution < -0.4 is 14.8 Å². The monoisotopic (exact) mass is 384 g/mol. The van der Waals surface area contributed by atoms with Crippen LogP contribution in [0.5, 0.6) is 11.5 Å². The molecule has 4 rings (SSSR count). The Morgan fingerprint density at radius 3 is 2.77 bits per heavy atom. The van der Waals surface area contributed by atoms with Gasteiger partial charge < -0.3 is 19.7 Å². The Hall–Kier alpha value is -2.61. The second-order valence-corrected chi connectivity index (χ2v) is 6.28. The number of anilines is 1. The number of benzene rings is 2. The summed E-state index contributed by atoms with van der Waals surface area (Å²) in [6.45, 7) is -1.42. The van der Waals surface area contributed by atoms with Gasteiger partial charge in [0.1, 0.15) is 12.7 Å². The third kappa shape index (κ3) is 2.90. The number of hydrogen-bond donors (Lipinski definition) is 1. The number of carbonyl (C=O) groups is 1. The minimum Gasteiger partial charge on any atom is -0.454 e. The van der Waals surface area contributed by atoms with Crippen molar-refractivity contribution in [1.29, 1.82) is 0 Å². The highest BCUT2D eigenvalue weighted by atomic mass is 35.5. The smallest absolute Gasteiger partial charge is 0.406 e. The van der Waals surface area contributed by atoms with Gasteiger partial charge in [0, 0.05) is 11.3 Å². The van der Waals surface area contributed by atoms with Crippen LogP contribution in [0, 0.1) is 0 Å². The Balaban J connectivity index is 1.80. The van der Waals surface area contributed by atoms with E-state index >= 15 is 0 Å². The van der Waals surface area contributed by atoms with Gasteiger partial charge in [-0.15, -0.1) is 0 Å². The minimum absolute atomic E-state index is 0.0232. The summed E-state index contributed by atoms with van der Waals surface area (Å²) in [5.74, 6) is -0.0524. The molecule has 2 heterocycles. The van der Waals surface area contributed by atoms with Crippen molar-refractivity contribution in [2.75, 3.05) is 18.7 Å². The maximum atomic E-state index is 13.1. The van der Waals surface area contributed by atoms with Crippen molar-refractivity contribution in [3.63, 3.8) is 0 Å². The number of rotatable bonds is 2. The van der Waals surface area contributed by atoms with Crippen molar-refractivity contribution >= 4 is 23.2 Å². The van der Waals surface area contributed by atoms with Gasteiger partial charge >= 0.3 is 6.18 Å². The van der Waals surface area contributed by atoms with E-state index in [1.807, 2.05) is 0 Å². The molecule has 0 radical (unpaired) electrons. The van der Waals surface area contributed by atoms with Gasteiger partial charge in [0.05, 0.1) is 10.6 Å². The van der Waals surface area contributed by atoms with Crippen molar-refractivity contribution < 1.29 is 27.4 Å². The van der Waals surface area contributed by atoms with Gasteiger partial charge in [0.2, 0.25) is 6.79 Å². The molecule has 0 fully saturated rings. The van der Waals surface area contributed by atoms with Gasteiger partial charge in [-0.2, -0.15) is 13.2 Å². The van der Waals surface area contributed by atoms with Crippen LogP contribution >= 0.6 is 11.6 Å². The maximum absolute atomic E-state index is 13.1. The van der Waals surface area contributed by atoms with Crippen molar-refractivity contribution in [2.24, 2.45) is 0 Å². The normalized spacial score (nSPS) is 18.5. The fourth-order valence-electron chi connectivity index (χ4n) is 3.06. The maximum Gasteiger partial charge on any atom is 0.406 e. The molecule has 2 aromatic carbocycles. The average Bonchev–Trinajstić information content (AvgIpc) is 3.05. The van der Waals surface area contributed by atoms with Gasteiger partial charge in [-0.3, -0.25) is 4.79 Å². The summed E-state index contributed by atoms with van der Waals surface area (Å²) in [6, 6.07) is 9.41. The Morgan fingerprint density at radius 2 is 2.00 bits per heavy atom. The van der Waals surface area contributed by atoms with Crippen molar-refractivity contribution in [3.05, 3.63) is 52.5 Å². The highest BCUT2D eigenvalue weighted by Crippen LogP contribution is 2.43. The summed E-state index contributed by atoms with van der Waals surface area (Å²) in [7, 11) is 0. The minimum atomic E-state index is -4.55. The Labute approximate surface area is 151 Å². The van der Waals surface area contributed by atoms with E-state index in [0.717, 1.165) is 4.90 Å². The number of amides is 1. The molecular formula is C17H12ClF3N2O3. The predicted octanol–water partition coefficient (Wildman–Crippen LogP) is 4.20. The van der Waals surface area contributed by atoms with Crippen molar-refractivity contribution in [3.8, 4) is 11.5 Å². The molecule has 5 nitrogen and oxygen atoms in total. The number of ether oxygens (including phenoxy) is 2. The lowest BCUT2D eigenvalue weighted by molar-refractivity contribution is -0.144. The highest BCUT2D eigenvalue weighted by molar-refractivity contribution is 6.32. The molecule has 1 N–H and O–H groups in total. The van der Waals surface area contributed by atoms with Crippen LogP contribution in [0.25, 0.3) is 0 Å². The highest BCUT2D eigenvalue weighted by Gasteiger charge is 2.41. The number of nitrogens with zero attached hydrogens (tertiary/aromatic N) is 1. The second-order valence-electron chi connectivity index (χ2n) is 5.88. The first kappa shape index (κ1) is 16.8. The molecule has 0 bridgehead atoms. The molecule has 136 valence electrons. The third-order valence-corrected chi connectivity index (χ3v) is 4.42. The molecule has 0 aliphatic carbocycles. The quantitative estimate of drug-likeness (QED) is 0.843. The van der Waals surface area contributed by atoms with E-state index in [1.54, 1.807) is 18.2 Å². The predicted molar refractivity (Wildman–Crippen MR) is 87.5 cm³/mol. The molecule has 2 aromatic rings. The third-order valence-electron chi connectivity index (χ3n) is 4.14. The summed E-state index contributed by atoms with van der Waals surface area (Å²) in [6.07, 6.45) is -5.60. The number of para-hydroxylation sites is 1. The van der Waals surface area contributed by atoms with Crippen LogP contribution in [0.3, 0.4) is 0 Å². The molecule has 0 unspecified atom stereocenters. The summed E-state index contributed by atoms with van der Waals surface area (Å²) >= 11 is 6.15. The number of halogens is 4. The van der Waals surface area contributed by atoms with Crippen LogP contribution in [0.15, 0.2) is 36.4 Å². The first-order chi connectivity index (χ1) is 12.3. The number of hydrogen-bond acceptors (Lipinski definition) is 4. The lowest BCUT2D eigenvalue weighted by atomic mass is 10.0. The second kappa shape index (κ2) is 5.98. The lowest BCUT2D eigenvalue weighted by Crippen LogP contribution is -2.47. The SMILES string of the molecule is O=C1c2ccccc2N[C@@H](c2cc(Cl)c3c(c2)OCO3)N1CC(F)(F)F. The molecular weight excluding hydrogens is 373 g/mol. The number of alkyl halides is 3. The molecule has 0 saturated heterocycles. The van der Waals surface area contributed by atoms with Gasteiger partial charge in [0.15, 0.2) is 11.5 Å². The summed E-state index contributed by atoms with van der Waals surface area (Å²) in [5.41, 5.74) is 1.00. The van der Waals surface area contributed by atoms with E-state index in [4.69, 9.17) is 21.1 Å². The topological polar surface area (TPSA) is 50.8 Å². The molecule has 1 atom stereocenters. The van der Waals surface area contributed by atoms with Crippen LogP contribution in [0.2, 0.25) is 5.02 Å². The van der Waals surface area contributed by atoms with Gasteiger partial charge in [-0.05, 0) is 24.3 Å². The number of fused-ring (bicyclic) bond motifs is 2. The molecule has 2 aliphatic rings. The summed E-state index contributed by atoms with van der Waals surface area (Å²) in [4.78, 5) is 13.4. The van der Waals surface area contributed by atoms with Gasteiger partial charge in [-0.1, -0.05) is 23.7 Å². The summed E-state index contributed by atoms with van der Waals surface area (Å²) < 4.78 is 49.8. The van der Waals surface area contributed by atoms with E-state index < -0.39 is 24.8 Å². The first-order valence-electron chi connectivity index (χ1n) is 7.66. The largest absolute Gasteiger partial charge is 0.454 e. The van der Waals surface area contributed by atoms with E-state index in [2.05, 4.69) is 5.32 Å². The number of carbonyl (C=O) groups excluding carboxylic acids is 1. The zero-order valence-electron chi connectivity index (χ0n) is 13.1. The molecule has 0 spiro atoms. The van der Waals surface area contributed by atoms with Crippen LogP contribution in [-0.4, -0.2) is 30.3 Å². The van der Waals surface area contributed by atoms with Crippen LogP contribution in [0.1, 0.15) is 22.1 Å². The van der Waals surface area contributed by atoms with Crippen LogP contribution in [0.4, 0.5) is 18.9 Å². The lowest BCUT2D eigenvalue weighted by Gasteiger charge is -2.38. The molecule has 2 aliphatic heterocycles. The van der Waals surface area contributed by atoms with Crippen molar-refractivity contribution in [2.45, 2.75) is 12.3 Å². The van der Waals surface area contributed by atoms with E-state index in [9.17, 15) is 18.0 Å². The van der Waals surface area contributed by atoms with Crippen LogP contribution in [-0.2, 0) is 0 Å². The Kier molecular flexibility index (Phi) is 3.87. The summed E-state index contributed by atoms with van der Waals surface area (Å²) in [5, 5.41) is 3.19. The zero-order chi connectivity index (χ0) is 18.5. The fourth-order valence-corrected chi connectivity index (χ4v) is 3.33. The van der Waals surface area contributed by atoms with Gasteiger partial charge in [-0.25, -0.2) is 0 Å². The first-order valence-corrected chi connectivity index (χ1v) is 8.03. The van der Waals surface area contributed by atoms with E-state index in [-0.39, 0.29) is 17.4 Å². The van der Waals surface area contributed by atoms with E-state index in [1.165, 1.54) is 18.2 Å². The standard InChI is InChI=1S/C17H12ClF3N2O3/c18-11-5-9(6-13-14(11)26-8-25-13)15-22-12-4-2-1-3-10(12)16(24)23(15)7-17(19,20)21/h1-6,15,22H,7-8H2/t15-/m1/s1. The molecule has 1 amide bonds. The average molecular weight is 385 g/mol. The van der Waals surface area contributed by atoms with Crippen molar-refractivity contribution in [1.82, 2.24) is 4.90 Å². The molecule has 26 heavy (non-hydrogen) atoms. The Morgan fingerprint density at radius 1 is 1.23 bits per heavy atom. The van der Waals surface area contributed by atoms with E-state index in [0.29, 0.717) is 22.7 Å². The zero-order valence-corrected chi connectivity index (χ0v) is 13.9. The number of nitrogens with one attached hydrogen (secondary N) is 1. The molecule has 9 heteroatoms. The Bertz CT molecular complexity index is 888.